The van der Waals surface area contributed by atoms with Crippen LogP contribution in [0.3, 0.4) is 0 Å². The Morgan fingerprint density at radius 1 is 1.05 bits per heavy atom. The number of hydrogen-bond donors (Lipinski definition) is 0. The highest BCUT2D eigenvalue weighted by Gasteiger charge is 2.18. The van der Waals surface area contributed by atoms with Crippen molar-refractivity contribution in [2.75, 3.05) is 0 Å². The first-order valence-corrected chi connectivity index (χ1v) is 7.11. The summed E-state index contributed by atoms with van der Waals surface area (Å²) in [6.45, 7) is 1.37. The van der Waals surface area contributed by atoms with Crippen LogP contribution < -0.4 is 4.18 Å². The van der Waals surface area contributed by atoms with E-state index in [9.17, 15) is 17.6 Å². The fraction of sp³-hybridized carbons (Fsp3) is 0.0714. The highest BCUT2D eigenvalue weighted by molar-refractivity contribution is 7.87. The lowest BCUT2D eigenvalue weighted by Crippen LogP contribution is -2.10. The molecule has 0 aliphatic heterocycles. The minimum atomic E-state index is -4.13. The molecule has 0 bridgehead atoms. The predicted octanol–water partition coefficient (Wildman–Crippen LogP) is 2.80. The summed E-state index contributed by atoms with van der Waals surface area (Å²) in [5.74, 6) is -1.32. The Balaban J connectivity index is 2.31. The van der Waals surface area contributed by atoms with Crippen LogP contribution in [-0.2, 0) is 10.1 Å². The molecule has 0 N–H and O–H groups in total. The van der Waals surface area contributed by atoms with Gasteiger partial charge in [-0.25, -0.2) is 4.39 Å². The molecule has 6 heteroatoms. The molecule has 2 aromatic rings. The van der Waals surface area contributed by atoms with Gasteiger partial charge in [-0.2, -0.15) is 8.42 Å². The first-order chi connectivity index (χ1) is 9.40. The second-order valence-corrected chi connectivity index (χ2v) is 5.59. The average Bonchev–Trinajstić information content (AvgIpc) is 2.41. The van der Waals surface area contributed by atoms with Crippen LogP contribution in [0.15, 0.2) is 53.4 Å². The highest BCUT2D eigenvalue weighted by atomic mass is 32.2. The van der Waals surface area contributed by atoms with E-state index in [0.29, 0.717) is 5.56 Å². The van der Waals surface area contributed by atoms with Gasteiger partial charge in [-0.1, -0.05) is 24.3 Å². The summed E-state index contributed by atoms with van der Waals surface area (Å²) in [5.41, 5.74) is 0.384. The summed E-state index contributed by atoms with van der Waals surface area (Å²) in [6.07, 6.45) is 0. The summed E-state index contributed by atoms with van der Waals surface area (Å²) < 4.78 is 42.0. The van der Waals surface area contributed by atoms with Crippen LogP contribution in [0.4, 0.5) is 4.39 Å². The largest absolute Gasteiger partial charge is 0.376 e. The first-order valence-electron chi connectivity index (χ1n) is 5.70. The van der Waals surface area contributed by atoms with E-state index in [-0.39, 0.29) is 16.4 Å². The zero-order valence-electron chi connectivity index (χ0n) is 10.5. The van der Waals surface area contributed by atoms with Crippen molar-refractivity contribution in [2.45, 2.75) is 11.8 Å². The summed E-state index contributed by atoms with van der Waals surface area (Å²) >= 11 is 0. The molecule has 0 radical (unpaired) electrons. The van der Waals surface area contributed by atoms with Crippen LogP contribution >= 0.6 is 0 Å². The van der Waals surface area contributed by atoms with E-state index in [1.165, 1.54) is 49.4 Å². The Kier molecular flexibility index (Phi) is 3.85. The molecule has 0 saturated heterocycles. The number of carbonyl (C=O) groups is 1. The van der Waals surface area contributed by atoms with E-state index in [2.05, 4.69) is 0 Å². The minimum absolute atomic E-state index is 0.147. The van der Waals surface area contributed by atoms with E-state index >= 15 is 0 Å². The zero-order chi connectivity index (χ0) is 14.8. The molecular formula is C14H11FO4S. The fourth-order valence-electron chi connectivity index (χ4n) is 1.53. The number of benzene rings is 2. The molecule has 0 spiro atoms. The topological polar surface area (TPSA) is 60.4 Å². The third-order valence-electron chi connectivity index (χ3n) is 2.59. The zero-order valence-corrected chi connectivity index (χ0v) is 11.4. The molecule has 0 unspecified atom stereocenters. The number of Topliss-reactive ketones (excluding diaryl/α,β-unsaturated/α-hetero) is 1. The van der Waals surface area contributed by atoms with Gasteiger partial charge >= 0.3 is 10.1 Å². The van der Waals surface area contributed by atoms with Crippen molar-refractivity contribution in [3.63, 3.8) is 0 Å². The van der Waals surface area contributed by atoms with Gasteiger partial charge in [0.2, 0.25) is 0 Å². The van der Waals surface area contributed by atoms with Crippen molar-refractivity contribution in [1.82, 2.24) is 0 Å². The second-order valence-electron chi connectivity index (χ2n) is 4.05. The van der Waals surface area contributed by atoms with Crippen LogP contribution in [0.1, 0.15) is 17.3 Å². The Morgan fingerprint density at radius 2 is 1.65 bits per heavy atom. The van der Waals surface area contributed by atoms with Gasteiger partial charge in [-0.15, -0.1) is 0 Å². The van der Waals surface area contributed by atoms with Crippen LogP contribution in [0, 0.1) is 5.82 Å². The van der Waals surface area contributed by atoms with Crippen LogP contribution in [0.25, 0.3) is 0 Å². The normalized spacial score (nSPS) is 11.1. The van der Waals surface area contributed by atoms with Gasteiger partial charge in [-0.05, 0) is 31.2 Å². The van der Waals surface area contributed by atoms with Gasteiger partial charge in [0.1, 0.15) is 4.90 Å². The van der Waals surface area contributed by atoms with Crippen molar-refractivity contribution >= 4 is 15.9 Å². The summed E-state index contributed by atoms with van der Waals surface area (Å²) in [6, 6.07) is 10.4. The molecule has 0 heterocycles. The van der Waals surface area contributed by atoms with Gasteiger partial charge in [0.15, 0.2) is 17.3 Å². The Morgan fingerprint density at radius 3 is 2.20 bits per heavy atom. The standard InChI is InChI=1S/C14H11FO4S/c1-10(16)11-6-8-12(9-7-11)20(17,18)19-14-5-3-2-4-13(14)15/h2-9H,1H3. The monoisotopic (exact) mass is 294 g/mol. The molecule has 0 aliphatic carbocycles. The lowest BCUT2D eigenvalue weighted by Gasteiger charge is -2.07. The molecule has 2 rings (SSSR count). The molecule has 0 atom stereocenters. The third kappa shape index (κ3) is 3.03. The number of carbonyl (C=O) groups excluding carboxylic acids is 1. The highest BCUT2D eigenvalue weighted by Crippen LogP contribution is 2.21. The number of rotatable bonds is 4. The van der Waals surface area contributed by atoms with Crippen molar-refractivity contribution < 1.29 is 21.8 Å². The molecular weight excluding hydrogens is 283 g/mol. The maximum Gasteiger partial charge on any atom is 0.339 e. The molecule has 4 nitrogen and oxygen atoms in total. The molecule has 20 heavy (non-hydrogen) atoms. The van der Waals surface area contributed by atoms with E-state index in [1.807, 2.05) is 0 Å². The lowest BCUT2D eigenvalue weighted by molar-refractivity contribution is 0.101. The van der Waals surface area contributed by atoms with Crippen molar-refractivity contribution in [3.05, 3.63) is 59.9 Å². The van der Waals surface area contributed by atoms with Gasteiger partial charge < -0.3 is 4.18 Å². The molecule has 0 amide bonds. The molecule has 0 saturated carbocycles. The van der Waals surface area contributed by atoms with Gasteiger partial charge in [-0.3, -0.25) is 4.79 Å². The van der Waals surface area contributed by atoms with Gasteiger partial charge in [0.05, 0.1) is 0 Å². The number of para-hydroxylation sites is 1. The SMILES string of the molecule is CC(=O)c1ccc(S(=O)(=O)Oc2ccccc2F)cc1. The smallest absolute Gasteiger partial charge is 0.339 e. The molecule has 0 aliphatic rings. The molecule has 0 aromatic heterocycles. The van der Waals surface area contributed by atoms with Crippen molar-refractivity contribution in [2.24, 2.45) is 0 Å². The summed E-state index contributed by atoms with van der Waals surface area (Å²) in [4.78, 5) is 11.0. The predicted molar refractivity (Wildman–Crippen MR) is 70.7 cm³/mol. The van der Waals surface area contributed by atoms with Crippen molar-refractivity contribution in [1.29, 1.82) is 0 Å². The number of ketones is 1. The maximum atomic E-state index is 13.4. The van der Waals surface area contributed by atoms with E-state index in [4.69, 9.17) is 4.18 Å². The fourth-order valence-corrected chi connectivity index (χ4v) is 2.47. The number of hydrogen-bond acceptors (Lipinski definition) is 4. The van der Waals surface area contributed by atoms with Crippen LogP contribution in [-0.4, -0.2) is 14.2 Å². The Hall–Kier alpha value is -2.21. The second kappa shape index (κ2) is 5.42. The molecule has 104 valence electrons. The summed E-state index contributed by atoms with van der Waals surface area (Å²) in [7, 11) is -4.13. The van der Waals surface area contributed by atoms with E-state index in [1.54, 1.807) is 0 Å². The number of halogens is 1. The third-order valence-corrected chi connectivity index (χ3v) is 3.83. The van der Waals surface area contributed by atoms with Crippen molar-refractivity contribution in [3.8, 4) is 5.75 Å². The van der Waals surface area contributed by atoms with Gasteiger partial charge in [0, 0.05) is 5.56 Å². The van der Waals surface area contributed by atoms with Gasteiger partial charge in [0.25, 0.3) is 0 Å². The quantitative estimate of drug-likeness (QED) is 0.642. The summed E-state index contributed by atoms with van der Waals surface area (Å²) in [5, 5.41) is 0. The van der Waals surface area contributed by atoms with Crippen LogP contribution in [0.2, 0.25) is 0 Å². The van der Waals surface area contributed by atoms with Crippen LogP contribution in [0.5, 0.6) is 5.75 Å². The van der Waals surface area contributed by atoms with E-state index < -0.39 is 15.9 Å². The first kappa shape index (κ1) is 14.2. The molecule has 2 aromatic carbocycles. The minimum Gasteiger partial charge on any atom is -0.376 e. The lowest BCUT2D eigenvalue weighted by atomic mass is 10.2. The Bertz CT molecular complexity index is 736. The van der Waals surface area contributed by atoms with E-state index in [0.717, 1.165) is 6.07 Å². The average molecular weight is 294 g/mol. The maximum absolute atomic E-state index is 13.4. The molecule has 0 fully saturated rings. The Labute approximate surface area is 115 Å².